The molecule has 0 heterocycles. The van der Waals surface area contributed by atoms with Gasteiger partial charge >= 0.3 is 0 Å². The second kappa shape index (κ2) is 4.26. The molecule has 1 aromatic rings. The predicted molar refractivity (Wildman–Crippen MR) is 67.8 cm³/mol. The SMILES string of the molecule is Cc1cc(C2(N)CCCCC2)ccc1Br. The van der Waals surface area contributed by atoms with Crippen LogP contribution in [-0.2, 0) is 5.54 Å². The molecule has 82 valence electrons. The van der Waals surface area contributed by atoms with E-state index in [0.29, 0.717) is 0 Å². The number of rotatable bonds is 1. The van der Waals surface area contributed by atoms with Gasteiger partial charge in [-0.2, -0.15) is 0 Å². The van der Waals surface area contributed by atoms with Gasteiger partial charge in [-0.25, -0.2) is 0 Å². The van der Waals surface area contributed by atoms with Gasteiger partial charge in [-0.15, -0.1) is 0 Å². The molecule has 0 aliphatic heterocycles. The molecule has 2 heteroatoms. The van der Waals surface area contributed by atoms with E-state index in [-0.39, 0.29) is 5.54 Å². The van der Waals surface area contributed by atoms with Crippen molar-refractivity contribution < 1.29 is 0 Å². The van der Waals surface area contributed by atoms with Crippen LogP contribution in [0.25, 0.3) is 0 Å². The standard InChI is InChI=1S/C13H18BrN/c1-10-9-11(5-6-12(10)14)13(15)7-3-2-4-8-13/h5-6,9H,2-4,7-8,15H2,1H3. The number of nitrogens with two attached hydrogens (primary N) is 1. The quantitative estimate of drug-likeness (QED) is 0.821. The van der Waals surface area contributed by atoms with Crippen LogP contribution in [0.1, 0.15) is 43.2 Å². The van der Waals surface area contributed by atoms with Crippen molar-refractivity contribution in [3.8, 4) is 0 Å². The highest BCUT2D eigenvalue weighted by molar-refractivity contribution is 9.10. The molecule has 0 bridgehead atoms. The van der Waals surface area contributed by atoms with Crippen LogP contribution in [0.5, 0.6) is 0 Å². The zero-order chi connectivity index (χ0) is 10.9. The molecule has 2 N–H and O–H groups in total. The third kappa shape index (κ3) is 2.26. The minimum atomic E-state index is -0.0658. The van der Waals surface area contributed by atoms with Gasteiger partial charge in [0.2, 0.25) is 0 Å². The minimum absolute atomic E-state index is 0.0658. The van der Waals surface area contributed by atoms with Crippen LogP contribution < -0.4 is 5.73 Å². The van der Waals surface area contributed by atoms with Crippen molar-refractivity contribution in [3.63, 3.8) is 0 Å². The van der Waals surface area contributed by atoms with Gasteiger partial charge in [-0.1, -0.05) is 47.3 Å². The van der Waals surface area contributed by atoms with Crippen molar-refractivity contribution in [3.05, 3.63) is 33.8 Å². The van der Waals surface area contributed by atoms with E-state index in [1.807, 2.05) is 0 Å². The molecule has 1 saturated carbocycles. The lowest BCUT2D eigenvalue weighted by Gasteiger charge is -2.34. The summed E-state index contributed by atoms with van der Waals surface area (Å²) in [5, 5.41) is 0. The highest BCUT2D eigenvalue weighted by Gasteiger charge is 2.29. The first kappa shape index (κ1) is 11.2. The maximum atomic E-state index is 6.48. The molecule has 1 aromatic carbocycles. The fraction of sp³-hybridized carbons (Fsp3) is 0.538. The van der Waals surface area contributed by atoms with E-state index >= 15 is 0 Å². The van der Waals surface area contributed by atoms with Crippen molar-refractivity contribution in [1.82, 2.24) is 0 Å². The molecular weight excluding hydrogens is 250 g/mol. The van der Waals surface area contributed by atoms with E-state index in [1.54, 1.807) is 0 Å². The largest absolute Gasteiger partial charge is 0.321 e. The van der Waals surface area contributed by atoms with Crippen molar-refractivity contribution in [1.29, 1.82) is 0 Å². The van der Waals surface area contributed by atoms with Gasteiger partial charge in [0.05, 0.1) is 0 Å². The zero-order valence-corrected chi connectivity index (χ0v) is 10.8. The highest BCUT2D eigenvalue weighted by atomic mass is 79.9. The van der Waals surface area contributed by atoms with Gasteiger partial charge < -0.3 is 5.73 Å². The molecule has 1 fully saturated rings. The van der Waals surface area contributed by atoms with Crippen molar-refractivity contribution >= 4 is 15.9 Å². The second-order valence-electron chi connectivity index (χ2n) is 4.68. The predicted octanol–water partition coefficient (Wildman–Crippen LogP) is 3.88. The topological polar surface area (TPSA) is 26.0 Å². The highest BCUT2D eigenvalue weighted by Crippen LogP contribution is 2.35. The van der Waals surface area contributed by atoms with Crippen LogP contribution in [0.15, 0.2) is 22.7 Å². The fourth-order valence-corrected chi connectivity index (χ4v) is 2.67. The fourth-order valence-electron chi connectivity index (χ4n) is 2.43. The molecule has 0 saturated heterocycles. The summed E-state index contributed by atoms with van der Waals surface area (Å²) in [4.78, 5) is 0. The van der Waals surface area contributed by atoms with Crippen LogP contribution in [0, 0.1) is 6.92 Å². The Kier molecular flexibility index (Phi) is 3.17. The zero-order valence-electron chi connectivity index (χ0n) is 9.22. The lowest BCUT2D eigenvalue weighted by atomic mass is 9.77. The first-order chi connectivity index (χ1) is 7.12. The summed E-state index contributed by atoms with van der Waals surface area (Å²) in [5.41, 5.74) is 9.01. The van der Waals surface area contributed by atoms with E-state index < -0.39 is 0 Å². The van der Waals surface area contributed by atoms with Gasteiger partial charge in [0.15, 0.2) is 0 Å². The average Bonchev–Trinajstić information content (AvgIpc) is 2.23. The number of halogens is 1. The number of benzene rings is 1. The summed E-state index contributed by atoms with van der Waals surface area (Å²) in [7, 11) is 0. The summed E-state index contributed by atoms with van der Waals surface area (Å²) >= 11 is 3.53. The first-order valence-electron chi connectivity index (χ1n) is 5.67. The van der Waals surface area contributed by atoms with E-state index in [9.17, 15) is 0 Å². The maximum absolute atomic E-state index is 6.48. The molecule has 2 rings (SSSR count). The molecule has 1 nitrogen and oxygen atoms in total. The Morgan fingerprint density at radius 3 is 2.47 bits per heavy atom. The van der Waals surface area contributed by atoms with Gasteiger partial charge in [0.1, 0.15) is 0 Å². The molecule has 1 aliphatic rings. The minimum Gasteiger partial charge on any atom is -0.321 e. The lowest BCUT2D eigenvalue weighted by Crippen LogP contribution is -2.38. The summed E-state index contributed by atoms with van der Waals surface area (Å²) in [6.07, 6.45) is 6.15. The molecule has 0 atom stereocenters. The summed E-state index contributed by atoms with van der Waals surface area (Å²) < 4.78 is 1.17. The molecule has 0 aromatic heterocycles. The Balaban J connectivity index is 2.31. The smallest absolute Gasteiger partial charge is 0.0409 e. The van der Waals surface area contributed by atoms with Gasteiger partial charge in [-0.3, -0.25) is 0 Å². The van der Waals surface area contributed by atoms with Crippen LogP contribution in [0.4, 0.5) is 0 Å². The molecule has 0 unspecified atom stereocenters. The van der Waals surface area contributed by atoms with Gasteiger partial charge in [0, 0.05) is 10.0 Å². The Labute approximate surface area is 100 Å². The Hall–Kier alpha value is -0.340. The van der Waals surface area contributed by atoms with E-state index in [0.717, 1.165) is 12.8 Å². The summed E-state index contributed by atoms with van der Waals surface area (Å²) in [5.74, 6) is 0. The van der Waals surface area contributed by atoms with Crippen LogP contribution in [0.2, 0.25) is 0 Å². The molecule has 0 radical (unpaired) electrons. The van der Waals surface area contributed by atoms with Crippen LogP contribution in [0.3, 0.4) is 0 Å². The monoisotopic (exact) mass is 267 g/mol. The Morgan fingerprint density at radius 1 is 1.20 bits per heavy atom. The number of aryl methyl sites for hydroxylation is 1. The molecule has 1 aliphatic carbocycles. The van der Waals surface area contributed by atoms with E-state index in [1.165, 1.54) is 34.9 Å². The van der Waals surface area contributed by atoms with E-state index in [4.69, 9.17) is 5.73 Å². The molecular formula is C13H18BrN. The van der Waals surface area contributed by atoms with Crippen molar-refractivity contribution in [2.24, 2.45) is 5.73 Å². The van der Waals surface area contributed by atoms with Crippen molar-refractivity contribution in [2.45, 2.75) is 44.6 Å². The third-order valence-electron chi connectivity index (χ3n) is 3.48. The van der Waals surface area contributed by atoms with Crippen LogP contribution >= 0.6 is 15.9 Å². The van der Waals surface area contributed by atoms with E-state index in [2.05, 4.69) is 41.1 Å². The lowest BCUT2D eigenvalue weighted by molar-refractivity contribution is 0.302. The maximum Gasteiger partial charge on any atom is 0.0409 e. The van der Waals surface area contributed by atoms with Gasteiger partial charge in [-0.05, 0) is 37.0 Å². The third-order valence-corrected chi connectivity index (χ3v) is 4.37. The first-order valence-corrected chi connectivity index (χ1v) is 6.47. The Morgan fingerprint density at radius 2 is 1.87 bits per heavy atom. The van der Waals surface area contributed by atoms with Gasteiger partial charge in [0.25, 0.3) is 0 Å². The molecule has 15 heavy (non-hydrogen) atoms. The Bertz CT molecular complexity index is 354. The average molecular weight is 268 g/mol. The van der Waals surface area contributed by atoms with Crippen molar-refractivity contribution in [2.75, 3.05) is 0 Å². The summed E-state index contributed by atoms with van der Waals surface area (Å²) in [6, 6.07) is 6.52. The second-order valence-corrected chi connectivity index (χ2v) is 5.54. The number of hydrogen-bond donors (Lipinski definition) is 1. The van der Waals surface area contributed by atoms with Crippen LogP contribution in [-0.4, -0.2) is 0 Å². The summed E-state index contributed by atoms with van der Waals surface area (Å²) in [6.45, 7) is 2.12. The normalized spacial score (nSPS) is 20.2. The molecule has 0 amide bonds. The number of hydrogen-bond acceptors (Lipinski definition) is 1. The molecule has 0 spiro atoms.